The normalized spacial score (nSPS) is 12.7. The summed E-state index contributed by atoms with van der Waals surface area (Å²) in [5, 5.41) is 8.50. The van der Waals surface area contributed by atoms with Gasteiger partial charge in [0.1, 0.15) is 5.82 Å². The Morgan fingerprint density at radius 2 is 1.77 bits per heavy atom. The topological polar surface area (TPSA) is 90.5 Å². The fourth-order valence-corrected chi connectivity index (χ4v) is 2.78. The van der Waals surface area contributed by atoms with Gasteiger partial charge in [-0.05, 0) is 43.2 Å². The molecule has 0 heterocycles. The van der Waals surface area contributed by atoms with Gasteiger partial charge in [0.2, 0.25) is 11.8 Å². The van der Waals surface area contributed by atoms with Crippen molar-refractivity contribution in [3.63, 3.8) is 0 Å². The molecule has 1 saturated carbocycles. The molecule has 0 radical (unpaired) electrons. The Kier molecular flexibility index (Phi) is 7.00. The zero-order chi connectivity index (χ0) is 21.5. The third-order valence-electron chi connectivity index (χ3n) is 4.74. The van der Waals surface area contributed by atoms with E-state index in [0.717, 1.165) is 12.8 Å². The molecule has 1 fully saturated rings. The van der Waals surface area contributed by atoms with Crippen molar-refractivity contribution in [1.82, 2.24) is 15.5 Å². The highest BCUT2D eigenvalue weighted by Gasteiger charge is 2.24. The Labute approximate surface area is 174 Å². The molecule has 0 aromatic heterocycles. The zero-order valence-corrected chi connectivity index (χ0v) is 16.8. The van der Waals surface area contributed by atoms with Crippen LogP contribution >= 0.6 is 0 Å². The lowest BCUT2D eigenvalue weighted by Gasteiger charge is -2.17. The van der Waals surface area contributed by atoms with E-state index in [1.807, 2.05) is 0 Å². The minimum atomic E-state index is -0.364. The molecule has 1 aliphatic rings. The average molecular weight is 412 g/mol. The minimum absolute atomic E-state index is 0.0259. The molecule has 0 atom stereocenters. The summed E-state index contributed by atoms with van der Waals surface area (Å²) in [5.41, 5.74) is 1.51. The lowest BCUT2D eigenvalue weighted by molar-refractivity contribution is -0.133. The van der Waals surface area contributed by atoms with Gasteiger partial charge in [-0.15, -0.1) is 0 Å². The number of hydrogen-bond donors (Lipinski definition) is 3. The SMILES string of the molecule is CN(CC(=O)NC1CC1)C(=O)CNc1ccc(C(=O)NCc2ccccc2F)cc1. The van der Waals surface area contributed by atoms with E-state index in [4.69, 9.17) is 0 Å². The first-order chi connectivity index (χ1) is 14.4. The zero-order valence-electron chi connectivity index (χ0n) is 16.8. The monoisotopic (exact) mass is 412 g/mol. The quantitative estimate of drug-likeness (QED) is 0.587. The maximum Gasteiger partial charge on any atom is 0.251 e. The van der Waals surface area contributed by atoms with Crippen LogP contribution in [0.25, 0.3) is 0 Å². The minimum Gasteiger partial charge on any atom is -0.376 e. The molecule has 0 saturated heterocycles. The van der Waals surface area contributed by atoms with Crippen molar-refractivity contribution in [2.45, 2.75) is 25.4 Å². The van der Waals surface area contributed by atoms with E-state index in [-0.39, 0.29) is 49.2 Å². The number of carbonyl (C=O) groups excluding carboxylic acids is 3. The van der Waals surface area contributed by atoms with Gasteiger partial charge >= 0.3 is 0 Å². The lowest BCUT2D eigenvalue weighted by Crippen LogP contribution is -2.41. The molecular formula is C22H25FN4O3. The van der Waals surface area contributed by atoms with Crippen molar-refractivity contribution < 1.29 is 18.8 Å². The van der Waals surface area contributed by atoms with E-state index in [9.17, 15) is 18.8 Å². The molecule has 2 aromatic carbocycles. The Morgan fingerprint density at radius 1 is 1.07 bits per heavy atom. The molecule has 30 heavy (non-hydrogen) atoms. The van der Waals surface area contributed by atoms with Crippen LogP contribution in [0.3, 0.4) is 0 Å². The largest absolute Gasteiger partial charge is 0.376 e. The van der Waals surface area contributed by atoms with Gasteiger partial charge in [0.05, 0.1) is 13.1 Å². The summed E-state index contributed by atoms with van der Waals surface area (Å²) < 4.78 is 13.6. The molecule has 3 amide bonds. The second-order valence-electron chi connectivity index (χ2n) is 7.30. The molecule has 3 rings (SSSR count). The number of amides is 3. The summed E-state index contributed by atoms with van der Waals surface area (Å²) in [5.74, 6) is -1.05. The van der Waals surface area contributed by atoms with Crippen LogP contribution in [-0.4, -0.2) is 48.8 Å². The molecular weight excluding hydrogens is 387 g/mol. The molecule has 7 nitrogen and oxygen atoms in total. The summed E-state index contributed by atoms with van der Waals surface area (Å²) in [6.07, 6.45) is 2.00. The predicted molar refractivity (Wildman–Crippen MR) is 111 cm³/mol. The van der Waals surface area contributed by atoms with Gasteiger partial charge in [-0.3, -0.25) is 14.4 Å². The fraction of sp³-hybridized carbons (Fsp3) is 0.318. The number of nitrogens with zero attached hydrogens (tertiary/aromatic N) is 1. The van der Waals surface area contributed by atoms with Gasteiger partial charge in [-0.2, -0.15) is 0 Å². The maximum absolute atomic E-state index is 13.6. The number of nitrogens with one attached hydrogen (secondary N) is 3. The van der Waals surface area contributed by atoms with Gasteiger partial charge in [0.25, 0.3) is 5.91 Å². The first-order valence-corrected chi connectivity index (χ1v) is 9.81. The average Bonchev–Trinajstić information content (AvgIpc) is 3.55. The summed E-state index contributed by atoms with van der Waals surface area (Å²) in [6, 6.07) is 13.2. The number of rotatable bonds is 9. The van der Waals surface area contributed by atoms with E-state index in [0.29, 0.717) is 16.8 Å². The van der Waals surface area contributed by atoms with Gasteiger partial charge < -0.3 is 20.9 Å². The summed E-state index contributed by atoms with van der Waals surface area (Å²) >= 11 is 0. The molecule has 2 aromatic rings. The van der Waals surface area contributed by atoms with E-state index in [2.05, 4.69) is 16.0 Å². The van der Waals surface area contributed by atoms with E-state index < -0.39 is 0 Å². The van der Waals surface area contributed by atoms with Crippen molar-refractivity contribution in [1.29, 1.82) is 0 Å². The highest BCUT2D eigenvalue weighted by molar-refractivity contribution is 5.94. The Hall–Kier alpha value is -3.42. The van der Waals surface area contributed by atoms with E-state index in [1.165, 1.54) is 11.0 Å². The van der Waals surface area contributed by atoms with Crippen LogP contribution in [0.15, 0.2) is 48.5 Å². The Bertz CT molecular complexity index is 913. The third-order valence-corrected chi connectivity index (χ3v) is 4.74. The lowest BCUT2D eigenvalue weighted by atomic mass is 10.1. The van der Waals surface area contributed by atoms with E-state index in [1.54, 1.807) is 49.5 Å². The molecule has 158 valence electrons. The van der Waals surface area contributed by atoms with Crippen molar-refractivity contribution in [2.24, 2.45) is 0 Å². The predicted octanol–water partition coefficient (Wildman–Crippen LogP) is 1.90. The number of benzene rings is 2. The third kappa shape index (κ3) is 6.30. The molecule has 0 aliphatic heterocycles. The fourth-order valence-electron chi connectivity index (χ4n) is 2.78. The van der Waals surface area contributed by atoms with Crippen LogP contribution in [-0.2, 0) is 16.1 Å². The van der Waals surface area contributed by atoms with Crippen molar-refractivity contribution in [2.75, 3.05) is 25.5 Å². The number of anilines is 1. The number of hydrogen-bond acceptors (Lipinski definition) is 4. The number of likely N-dealkylation sites (N-methyl/N-ethyl adjacent to an activating group) is 1. The summed E-state index contributed by atoms with van der Waals surface area (Å²) in [4.78, 5) is 37.5. The number of halogens is 1. The molecule has 0 bridgehead atoms. The molecule has 0 spiro atoms. The maximum atomic E-state index is 13.6. The molecule has 0 unspecified atom stereocenters. The van der Waals surface area contributed by atoms with Crippen LogP contribution in [0.5, 0.6) is 0 Å². The van der Waals surface area contributed by atoms with Gasteiger partial charge in [0, 0.05) is 36.4 Å². The van der Waals surface area contributed by atoms with E-state index >= 15 is 0 Å². The number of carbonyl (C=O) groups is 3. The van der Waals surface area contributed by atoms with Crippen molar-refractivity contribution in [3.8, 4) is 0 Å². The van der Waals surface area contributed by atoms with Crippen LogP contribution in [0.4, 0.5) is 10.1 Å². The van der Waals surface area contributed by atoms with Gasteiger partial charge in [0.15, 0.2) is 0 Å². The van der Waals surface area contributed by atoms with Crippen molar-refractivity contribution in [3.05, 3.63) is 65.5 Å². The second kappa shape index (κ2) is 9.87. The molecule has 1 aliphatic carbocycles. The molecule has 3 N–H and O–H groups in total. The summed E-state index contributed by atoms with van der Waals surface area (Å²) in [7, 11) is 1.58. The highest BCUT2D eigenvalue weighted by atomic mass is 19.1. The Morgan fingerprint density at radius 3 is 2.43 bits per heavy atom. The highest BCUT2D eigenvalue weighted by Crippen LogP contribution is 2.18. The van der Waals surface area contributed by atoms with Crippen LogP contribution in [0, 0.1) is 5.82 Å². The van der Waals surface area contributed by atoms with Crippen LogP contribution < -0.4 is 16.0 Å². The van der Waals surface area contributed by atoms with Crippen molar-refractivity contribution >= 4 is 23.4 Å². The van der Waals surface area contributed by atoms with Gasteiger partial charge in [-0.25, -0.2) is 4.39 Å². The molecule has 8 heteroatoms. The second-order valence-corrected chi connectivity index (χ2v) is 7.30. The summed E-state index contributed by atoms with van der Waals surface area (Å²) in [6.45, 7) is 0.158. The van der Waals surface area contributed by atoms with Crippen LogP contribution in [0.1, 0.15) is 28.8 Å². The standard InChI is InChI=1S/C22H25FN4O3/c1-27(14-20(28)26-18-10-11-18)21(29)13-24-17-8-6-15(7-9-17)22(30)25-12-16-4-2-3-5-19(16)23/h2-9,18,24H,10-14H2,1H3,(H,25,30)(H,26,28). The smallest absolute Gasteiger partial charge is 0.251 e. The Balaban J connectivity index is 1.43. The van der Waals surface area contributed by atoms with Crippen LogP contribution in [0.2, 0.25) is 0 Å². The first-order valence-electron chi connectivity index (χ1n) is 9.81. The first kappa shape index (κ1) is 21.3. The van der Waals surface area contributed by atoms with Gasteiger partial charge in [-0.1, -0.05) is 18.2 Å².